The van der Waals surface area contributed by atoms with E-state index in [1.54, 1.807) is 33.8 Å². The van der Waals surface area contributed by atoms with E-state index in [-0.39, 0.29) is 24.3 Å². The summed E-state index contributed by atoms with van der Waals surface area (Å²) in [5.74, 6) is -10.3. The molecular weight excluding hydrogens is 564 g/mol. The topological polar surface area (TPSA) is 214 Å². The van der Waals surface area contributed by atoms with Gasteiger partial charge in [-0.2, -0.15) is 0 Å². The predicted octanol–water partition coefficient (Wildman–Crippen LogP) is 1.91. The summed E-state index contributed by atoms with van der Waals surface area (Å²) < 4.78 is 11.4. The molecular formula is C30H34N2O11. The molecule has 6 N–H and O–H groups in total. The van der Waals surface area contributed by atoms with Crippen molar-refractivity contribution < 1.29 is 53.9 Å². The monoisotopic (exact) mass is 598 g/mol. The van der Waals surface area contributed by atoms with Crippen LogP contribution in [-0.4, -0.2) is 84.8 Å². The first-order chi connectivity index (χ1) is 20.0. The second-order valence-electron chi connectivity index (χ2n) is 12.5. The van der Waals surface area contributed by atoms with E-state index in [1.807, 2.05) is 0 Å². The number of hydrogen-bond acceptors (Lipinski definition) is 11. The number of nitrogens with zero attached hydrogens (tertiary/aromatic N) is 1. The third-order valence-electron chi connectivity index (χ3n) is 8.74. The van der Waals surface area contributed by atoms with Crippen LogP contribution in [0.25, 0.3) is 5.76 Å². The lowest BCUT2D eigenvalue weighted by Gasteiger charge is -2.51. The maximum atomic E-state index is 14.0. The Hall–Kier alpha value is -4.39. The standard InChI is InChI=1S/C30H34N2O11/c1-12-13-7-5-9-16(33)19(13)22(35)21-18(12)23(14-11-17(34)20(26(31)38)24(36)30(14,41)25(21)37)42-27(39)15-8-6-10-32(15)28(40)43-29(2,3)4/h5,7,9,12,14-15,18,23,33,35-36,41H,6,8,10-11H2,1-4H3,(H2,31,38)/t12-,14+,15?,18+,23+,30+/m0/s1. The highest BCUT2D eigenvalue weighted by atomic mass is 16.6. The smallest absolute Gasteiger partial charge is 0.411 e. The van der Waals surface area contributed by atoms with Crippen LogP contribution in [0.1, 0.15) is 64.0 Å². The number of rotatable bonds is 3. The lowest BCUT2D eigenvalue weighted by Crippen LogP contribution is -2.65. The summed E-state index contributed by atoms with van der Waals surface area (Å²) in [6, 6.07) is 3.33. The number of carbonyl (C=O) groups is 5. The Morgan fingerprint density at radius 2 is 1.79 bits per heavy atom. The maximum absolute atomic E-state index is 14.0. The summed E-state index contributed by atoms with van der Waals surface area (Å²) in [6.07, 6.45) is -2.28. The van der Waals surface area contributed by atoms with Crippen LogP contribution < -0.4 is 5.73 Å². The van der Waals surface area contributed by atoms with E-state index in [0.29, 0.717) is 12.0 Å². The number of likely N-dealkylation sites (tertiary alicyclic amines) is 1. The number of amides is 2. The third-order valence-corrected chi connectivity index (χ3v) is 8.74. The number of esters is 1. The van der Waals surface area contributed by atoms with E-state index in [9.17, 15) is 44.4 Å². The molecule has 0 aromatic heterocycles. The molecule has 230 valence electrons. The average Bonchev–Trinajstić information content (AvgIpc) is 3.40. The molecule has 1 aromatic carbocycles. The van der Waals surface area contributed by atoms with Crippen LogP contribution in [0, 0.1) is 11.8 Å². The number of ketones is 2. The summed E-state index contributed by atoms with van der Waals surface area (Å²) in [5.41, 5.74) is 0.356. The Bertz CT molecular complexity index is 1520. The molecule has 1 saturated carbocycles. The average molecular weight is 599 g/mol. The van der Waals surface area contributed by atoms with Gasteiger partial charge in [-0.15, -0.1) is 0 Å². The van der Waals surface area contributed by atoms with Crippen LogP contribution in [0.2, 0.25) is 0 Å². The fourth-order valence-corrected chi connectivity index (χ4v) is 6.84. The minimum Gasteiger partial charge on any atom is -0.508 e. The highest BCUT2D eigenvalue weighted by molar-refractivity contribution is 6.23. The normalized spacial score (nSPS) is 30.4. The van der Waals surface area contributed by atoms with Gasteiger partial charge >= 0.3 is 12.1 Å². The molecule has 1 aliphatic heterocycles. The van der Waals surface area contributed by atoms with Gasteiger partial charge in [0.1, 0.15) is 40.6 Å². The van der Waals surface area contributed by atoms with E-state index in [4.69, 9.17) is 15.2 Å². The Labute approximate surface area is 246 Å². The van der Waals surface area contributed by atoms with E-state index in [1.165, 1.54) is 17.0 Å². The zero-order valence-electron chi connectivity index (χ0n) is 24.1. The van der Waals surface area contributed by atoms with Crippen molar-refractivity contribution in [2.75, 3.05) is 6.54 Å². The van der Waals surface area contributed by atoms with Crippen molar-refractivity contribution in [1.82, 2.24) is 4.90 Å². The molecule has 0 radical (unpaired) electrons. The fourth-order valence-electron chi connectivity index (χ4n) is 6.84. The van der Waals surface area contributed by atoms with Crippen LogP contribution in [0.4, 0.5) is 4.79 Å². The van der Waals surface area contributed by atoms with Crippen molar-refractivity contribution in [3.63, 3.8) is 0 Å². The number of phenols is 1. The summed E-state index contributed by atoms with van der Waals surface area (Å²) in [5, 5.41) is 44.8. The lowest BCUT2D eigenvalue weighted by molar-refractivity contribution is -0.181. The maximum Gasteiger partial charge on any atom is 0.411 e. The van der Waals surface area contributed by atoms with Crippen molar-refractivity contribution in [1.29, 1.82) is 0 Å². The van der Waals surface area contributed by atoms with Crippen LogP contribution in [0.3, 0.4) is 0 Å². The van der Waals surface area contributed by atoms with Gasteiger partial charge in [0.2, 0.25) is 5.78 Å². The number of fused-ring (bicyclic) bond motifs is 3. The molecule has 1 saturated heterocycles. The van der Waals surface area contributed by atoms with Gasteiger partial charge in [0.05, 0.1) is 5.56 Å². The van der Waals surface area contributed by atoms with Gasteiger partial charge in [0.15, 0.2) is 11.4 Å². The van der Waals surface area contributed by atoms with Gasteiger partial charge in [-0.25, -0.2) is 9.59 Å². The number of aliphatic hydroxyl groups is 3. The Morgan fingerprint density at radius 1 is 1.12 bits per heavy atom. The summed E-state index contributed by atoms with van der Waals surface area (Å²) >= 11 is 0. The van der Waals surface area contributed by atoms with Crippen molar-refractivity contribution >= 4 is 35.3 Å². The van der Waals surface area contributed by atoms with Crippen molar-refractivity contribution in [3.05, 3.63) is 46.2 Å². The second kappa shape index (κ2) is 10.1. The van der Waals surface area contributed by atoms with Crippen LogP contribution in [0.5, 0.6) is 5.75 Å². The molecule has 13 heteroatoms. The van der Waals surface area contributed by atoms with Gasteiger partial charge in [-0.3, -0.25) is 19.3 Å². The lowest BCUT2D eigenvalue weighted by atomic mass is 9.55. The molecule has 1 unspecified atom stereocenters. The fraction of sp³-hybridized carbons (Fsp3) is 0.500. The van der Waals surface area contributed by atoms with Crippen LogP contribution >= 0.6 is 0 Å². The number of aliphatic hydroxyl groups excluding tert-OH is 2. The number of benzene rings is 1. The Morgan fingerprint density at radius 3 is 2.42 bits per heavy atom. The molecule has 3 aliphatic carbocycles. The number of nitrogens with two attached hydrogens (primary N) is 1. The first-order valence-electron chi connectivity index (χ1n) is 14.0. The number of phenolic OH excluding ortho intramolecular Hbond substituents is 1. The highest BCUT2D eigenvalue weighted by Gasteiger charge is 2.66. The second-order valence-corrected chi connectivity index (χ2v) is 12.5. The minimum absolute atomic E-state index is 0.0842. The summed E-state index contributed by atoms with van der Waals surface area (Å²) in [7, 11) is 0. The number of Topliss-reactive ketones (excluding diaryl/α,β-unsaturated/α-hetero) is 2. The van der Waals surface area contributed by atoms with Gasteiger partial charge in [-0.1, -0.05) is 19.1 Å². The zero-order chi connectivity index (χ0) is 31.8. The molecule has 2 amide bonds. The molecule has 1 heterocycles. The number of primary amides is 1. The SMILES string of the molecule is C[C@H]1c2cccc(O)c2C(O)=C2C(=O)[C@]3(O)C(O)=C(C(N)=O)C(=O)C[C@@H]3[C@@H](OC(=O)C3CCCN3C(=O)OC(C)(C)C)[C@@H]21. The molecule has 6 atom stereocenters. The highest BCUT2D eigenvalue weighted by Crippen LogP contribution is 2.56. The molecule has 43 heavy (non-hydrogen) atoms. The van der Waals surface area contributed by atoms with E-state index in [0.717, 1.165) is 0 Å². The van der Waals surface area contributed by atoms with E-state index >= 15 is 0 Å². The van der Waals surface area contributed by atoms with Crippen molar-refractivity contribution in [2.24, 2.45) is 17.6 Å². The van der Waals surface area contributed by atoms with Crippen LogP contribution in [-0.2, 0) is 28.7 Å². The number of carbonyl (C=O) groups excluding carboxylic acids is 5. The molecule has 0 bridgehead atoms. The Balaban J connectivity index is 1.64. The largest absolute Gasteiger partial charge is 0.508 e. The third kappa shape index (κ3) is 4.53. The van der Waals surface area contributed by atoms with E-state index in [2.05, 4.69) is 0 Å². The van der Waals surface area contributed by atoms with Crippen molar-refractivity contribution in [2.45, 2.75) is 76.2 Å². The first kappa shape index (κ1) is 30.1. The quantitative estimate of drug-likeness (QED) is 0.250. The zero-order valence-corrected chi connectivity index (χ0v) is 24.1. The van der Waals surface area contributed by atoms with Gasteiger partial charge in [0.25, 0.3) is 5.91 Å². The molecule has 4 aliphatic rings. The van der Waals surface area contributed by atoms with Gasteiger partial charge in [-0.05, 0) is 51.2 Å². The molecule has 0 spiro atoms. The Kier molecular flexibility index (Phi) is 7.07. The first-order valence-corrected chi connectivity index (χ1v) is 14.0. The number of ether oxygens (including phenoxy) is 2. The number of hydrogen-bond donors (Lipinski definition) is 5. The van der Waals surface area contributed by atoms with Gasteiger partial charge < -0.3 is 35.6 Å². The predicted molar refractivity (Wildman–Crippen MR) is 147 cm³/mol. The molecule has 1 aromatic rings. The van der Waals surface area contributed by atoms with Crippen LogP contribution in [0.15, 0.2) is 35.1 Å². The summed E-state index contributed by atoms with van der Waals surface area (Å²) in [4.78, 5) is 67.0. The molecule has 13 nitrogen and oxygen atoms in total. The van der Waals surface area contributed by atoms with Gasteiger partial charge in [0, 0.05) is 30.4 Å². The molecule has 5 rings (SSSR count). The molecule has 2 fully saturated rings. The number of aromatic hydroxyl groups is 1. The van der Waals surface area contributed by atoms with Crippen molar-refractivity contribution in [3.8, 4) is 5.75 Å². The summed E-state index contributed by atoms with van der Waals surface area (Å²) in [6.45, 7) is 6.89. The minimum atomic E-state index is -2.98. The van der Waals surface area contributed by atoms with E-state index < -0.39 is 99.7 Å².